The number of aliphatic hydroxyl groups excluding tert-OH is 1. The van der Waals surface area contributed by atoms with Gasteiger partial charge in [0.05, 0.1) is 6.10 Å². The Morgan fingerprint density at radius 1 is 1.18 bits per heavy atom. The summed E-state index contributed by atoms with van der Waals surface area (Å²) in [5.41, 5.74) is 4.49. The largest absolute Gasteiger partial charge is 0.391 e. The fourth-order valence-corrected chi connectivity index (χ4v) is 5.14. The SMILES string of the molecule is O=C(c1ccc2c(C3(c4ccc(I)cc4)CCC3)c[nH]c2c1)N1CCC(O)C1. The summed E-state index contributed by atoms with van der Waals surface area (Å²) in [7, 11) is 0. The minimum Gasteiger partial charge on any atom is -0.391 e. The Balaban J connectivity index is 1.51. The quantitative estimate of drug-likeness (QED) is 0.538. The van der Waals surface area contributed by atoms with Crippen LogP contribution in [0.1, 0.15) is 47.2 Å². The van der Waals surface area contributed by atoms with E-state index in [1.54, 1.807) is 4.90 Å². The fraction of sp³-hybridized carbons (Fsp3) is 0.348. The number of aromatic nitrogens is 1. The van der Waals surface area contributed by atoms with Crippen LogP contribution in [0.25, 0.3) is 10.9 Å². The average molecular weight is 486 g/mol. The summed E-state index contributed by atoms with van der Waals surface area (Å²) in [6, 6.07) is 14.9. The molecule has 2 fully saturated rings. The van der Waals surface area contributed by atoms with Crippen LogP contribution in [-0.4, -0.2) is 40.1 Å². The number of carbonyl (C=O) groups excluding carboxylic acids is 1. The van der Waals surface area contributed by atoms with Crippen LogP contribution in [-0.2, 0) is 5.41 Å². The van der Waals surface area contributed by atoms with Gasteiger partial charge in [0, 0.05) is 44.7 Å². The Kier molecular flexibility index (Phi) is 4.47. The van der Waals surface area contributed by atoms with Crippen molar-refractivity contribution in [2.75, 3.05) is 13.1 Å². The van der Waals surface area contributed by atoms with Crippen LogP contribution in [0.15, 0.2) is 48.7 Å². The Hall–Kier alpha value is -1.86. The van der Waals surface area contributed by atoms with E-state index in [-0.39, 0.29) is 11.3 Å². The van der Waals surface area contributed by atoms with E-state index < -0.39 is 6.10 Å². The lowest BCUT2D eigenvalue weighted by atomic mass is 9.60. The molecule has 0 radical (unpaired) electrons. The van der Waals surface area contributed by atoms with Crippen LogP contribution in [0.2, 0.25) is 0 Å². The molecule has 0 bridgehead atoms. The fourth-order valence-electron chi connectivity index (χ4n) is 4.78. The minimum atomic E-state index is -0.392. The third-order valence-corrected chi connectivity index (χ3v) is 7.22. The Bertz CT molecular complexity index is 1040. The zero-order valence-corrected chi connectivity index (χ0v) is 17.8. The molecule has 1 unspecified atom stereocenters. The maximum absolute atomic E-state index is 12.8. The number of nitrogens with zero attached hydrogens (tertiary/aromatic N) is 1. The molecule has 1 aliphatic carbocycles. The highest BCUT2D eigenvalue weighted by Gasteiger charge is 2.41. The highest BCUT2D eigenvalue weighted by atomic mass is 127. The number of H-pyrrole nitrogens is 1. The van der Waals surface area contributed by atoms with Crippen molar-refractivity contribution in [1.82, 2.24) is 9.88 Å². The molecular weight excluding hydrogens is 463 g/mol. The van der Waals surface area contributed by atoms with E-state index in [1.165, 1.54) is 26.5 Å². The zero-order valence-electron chi connectivity index (χ0n) is 15.6. The van der Waals surface area contributed by atoms with E-state index in [2.05, 4.69) is 64.1 Å². The number of likely N-dealkylation sites (tertiary alicyclic amines) is 1. The molecule has 1 aromatic heterocycles. The van der Waals surface area contributed by atoms with E-state index in [1.807, 2.05) is 12.1 Å². The molecule has 2 heterocycles. The van der Waals surface area contributed by atoms with Crippen molar-refractivity contribution in [3.63, 3.8) is 0 Å². The van der Waals surface area contributed by atoms with Crippen molar-refractivity contribution in [3.8, 4) is 0 Å². The van der Waals surface area contributed by atoms with Crippen molar-refractivity contribution >= 4 is 39.4 Å². The Morgan fingerprint density at radius 2 is 1.96 bits per heavy atom. The third kappa shape index (κ3) is 2.87. The molecule has 1 atom stereocenters. The second kappa shape index (κ2) is 6.88. The van der Waals surface area contributed by atoms with Crippen molar-refractivity contribution < 1.29 is 9.90 Å². The van der Waals surface area contributed by atoms with Crippen LogP contribution >= 0.6 is 22.6 Å². The monoisotopic (exact) mass is 486 g/mol. The van der Waals surface area contributed by atoms with Gasteiger partial charge in [-0.05, 0) is 77.2 Å². The second-order valence-corrected chi connectivity index (χ2v) is 9.34. The second-order valence-electron chi connectivity index (χ2n) is 8.10. The van der Waals surface area contributed by atoms with Crippen LogP contribution in [0.4, 0.5) is 0 Å². The lowest BCUT2D eigenvalue weighted by Gasteiger charge is -2.42. The number of nitrogens with one attached hydrogen (secondary N) is 1. The number of fused-ring (bicyclic) bond motifs is 1. The minimum absolute atomic E-state index is 0.00518. The van der Waals surface area contributed by atoms with Crippen molar-refractivity contribution in [2.45, 2.75) is 37.2 Å². The van der Waals surface area contributed by atoms with Gasteiger partial charge in [-0.2, -0.15) is 0 Å². The van der Waals surface area contributed by atoms with Crippen LogP contribution in [0, 0.1) is 3.57 Å². The molecule has 1 amide bonds. The van der Waals surface area contributed by atoms with Crippen LogP contribution < -0.4 is 0 Å². The highest BCUT2D eigenvalue weighted by Crippen LogP contribution is 2.51. The molecule has 5 heteroatoms. The summed E-state index contributed by atoms with van der Waals surface area (Å²) in [5.74, 6) is 0.00518. The van der Waals surface area contributed by atoms with Crippen molar-refractivity contribution in [1.29, 1.82) is 0 Å². The summed E-state index contributed by atoms with van der Waals surface area (Å²) >= 11 is 2.35. The van der Waals surface area contributed by atoms with E-state index >= 15 is 0 Å². The number of carbonyl (C=O) groups is 1. The van der Waals surface area contributed by atoms with Crippen LogP contribution in [0.5, 0.6) is 0 Å². The van der Waals surface area contributed by atoms with E-state index in [0.717, 1.165) is 18.4 Å². The molecule has 4 nitrogen and oxygen atoms in total. The van der Waals surface area contributed by atoms with Gasteiger partial charge in [0.15, 0.2) is 0 Å². The molecule has 0 spiro atoms. The summed E-state index contributed by atoms with van der Waals surface area (Å²) in [6.07, 6.45) is 5.97. The van der Waals surface area contributed by atoms with Gasteiger partial charge in [-0.1, -0.05) is 24.6 Å². The number of rotatable bonds is 3. The predicted octanol–water partition coefficient (Wildman–Crippen LogP) is 4.45. The number of aromatic amines is 1. The molecular formula is C23H23IN2O2. The first kappa shape index (κ1) is 18.2. The molecule has 2 aromatic carbocycles. The molecule has 2 aliphatic rings. The number of hydrogen-bond acceptors (Lipinski definition) is 2. The standard InChI is InChI=1S/C23H23IN2O2/c24-17-5-3-16(4-6-17)23(9-1-10-23)20-13-25-21-12-15(2-7-19(20)21)22(28)26-11-8-18(27)14-26/h2-7,12-13,18,25,27H,1,8-11,14H2. The molecule has 1 aliphatic heterocycles. The van der Waals surface area contributed by atoms with Gasteiger partial charge in [-0.15, -0.1) is 0 Å². The summed E-state index contributed by atoms with van der Waals surface area (Å²) in [4.78, 5) is 17.9. The molecule has 2 N–H and O–H groups in total. The Labute approximate surface area is 178 Å². The first-order valence-corrected chi connectivity index (χ1v) is 11.0. The number of benzene rings is 2. The van der Waals surface area contributed by atoms with Gasteiger partial charge in [0.25, 0.3) is 5.91 Å². The van der Waals surface area contributed by atoms with Crippen LogP contribution in [0.3, 0.4) is 0 Å². The number of aliphatic hydroxyl groups is 1. The van der Waals surface area contributed by atoms with Gasteiger partial charge < -0.3 is 15.0 Å². The smallest absolute Gasteiger partial charge is 0.254 e. The molecule has 3 aromatic rings. The maximum atomic E-state index is 12.8. The number of hydrogen-bond donors (Lipinski definition) is 2. The molecule has 1 saturated heterocycles. The number of β-amino-alcohol motifs (C(OH)–C–C–N with tert-alkyl or cyclic N) is 1. The summed E-state index contributed by atoms with van der Waals surface area (Å²) < 4.78 is 1.25. The molecule has 5 rings (SSSR count). The first-order chi connectivity index (χ1) is 13.6. The van der Waals surface area contributed by atoms with Crippen molar-refractivity contribution in [2.24, 2.45) is 0 Å². The number of halogens is 1. The third-order valence-electron chi connectivity index (χ3n) is 6.50. The Morgan fingerprint density at radius 3 is 2.61 bits per heavy atom. The molecule has 1 saturated carbocycles. The highest BCUT2D eigenvalue weighted by molar-refractivity contribution is 14.1. The van der Waals surface area contributed by atoms with Gasteiger partial charge in [0.1, 0.15) is 0 Å². The summed E-state index contributed by atoms with van der Waals surface area (Å²) in [6.45, 7) is 1.06. The topological polar surface area (TPSA) is 56.3 Å². The predicted molar refractivity (Wildman–Crippen MR) is 119 cm³/mol. The van der Waals surface area contributed by atoms with Gasteiger partial charge in [0.2, 0.25) is 0 Å². The maximum Gasteiger partial charge on any atom is 0.254 e. The molecule has 144 valence electrons. The zero-order chi connectivity index (χ0) is 19.3. The van der Waals surface area contributed by atoms with Gasteiger partial charge in [-0.25, -0.2) is 0 Å². The first-order valence-electron chi connectivity index (χ1n) is 9.92. The molecule has 28 heavy (non-hydrogen) atoms. The number of amides is 1. The lowest BCUT2D eigenvalue weighted by Crippen LogP contribution is -2.35. The summed E-state index contributed by atoms with van der Waals surface area (Å²) in [5, 5.41) is 10.9. The van der Waals surface area contributed by atoms with E-state index in [4.69, 9.17) is 0 Å². The van der Waals surface area contributed by atoms with Crippen molar-refractivity contribution in [3.05, 3.63) is 68.9 Å². The van der Waals surface area contributed by atoms with E-state index in [9.17, 15) is 9.90 Å². The normalized spacial score (nSPS) is 21.1. The van der Waals surface area contributed by atoms with Gasteiger partial charge in [-0.3, -0.25) is 4.79 Å². The average Bonchev–Trinajstić information content (AvgIpc) is 3.28. The van der Waals surface area contributed by atoms with E-state index in [0.29, 0.717) is 25.1 Å². The van der Waals surface area contributed by atoms with Gasteiger partial charge >= 0.3 is 0 Å². The lowest BCUT2D eigenvalue weighted by molar-refractivity contribution is 0.0765.